The number of carbonyl (C=O) groups excluding carboxylic acids is 1. The molecule has 1 aliphatic rings. The van der Waals surface area contributed by atoms with Crippen LogP contribution in [0, 0.1) is 0 Å². The molecular weight excluding hydrogens is 357 g/mol. The first kappa shape index (κ1) is 14.4. The van der Waals surface area contributed by atoms with Crippen LogP contribution >= 0.6 is 22.6 Å². The summed E-state index contributed by atoms with van der Waals surface area (Å²) in [5.41, 5.74) is 0.980. The van der Waals surface area contributed by atoms with Gasteiger partial charge in [-0.1, -0.05) is 12.1 Å². The molecule has 0 aliphatic carbocycles. The Bertz CT molecular complexity index is 415. The monoisotopic (exact) mass is 375 g/mol. The van der Waals surface area contributed by atoms with E-state index in [-0.39, 0.29) is 12.2 Å². The number of halogens is 1. The van der Waals surface area contributed by atoms with Crippen molar-refractivity contribution in [3.8, 4) is 5.75 Å². The van der Waals surface area contributed by atoms with Gasteiger partial charge in [-0.3, -0.25) is 0 Å². The lowest BCUT2D eigenvalue weighted by atomic mass is 10.1. The molecule has 0 bridgehead atoms. The van der Waals surface area contributed by atoms with Crippen molar-refractivity contribution in [2.75, 3.05) is 17.7 Å². The number of rotatable bonds is 4. The largest absolute Gasteiger partial charge is 0.483 e. The molecule has 1 heterocycles. The minimum absolute atomic E-state index is 0.211. The molecule has 0 spiro atoms. The van der Waals surface area contributed by atoms with Crippen molar-refractivity contribution < 1.29 is 14.3 Å². The second-order valence-electron chi connectivity index (χ2n) is 4.54. The van der Waals surface area contributed by atoms with Gasteiger partial charge < -0.3 is 14.4 Å². The van der Waals surface area contributed by atoms with Crippen molar-refractivity contribution in [3.63, 3.8) is 0 Å². The molecule has 1 atom stereocenters. The van der Waals surface area contributed by atoms with E-state index < -0.39 is 0 Å². The van der Waals surface area contributed by atoms with Crippen LogP contribution in [-0.2, 0) is 4.74 Å². The Morgan fingerprint density at radius 1 is 1.32 bits per heavy atom. The van der Waals surface area contributed by atoms with Crippen LogP contribution in [0.2, 0.25) is 0 Å². The van der Waals surface area contributed by atoms with Crippen molar-refractivity contribution >= 4 is 28.7 Å². The number of amides is 1. The lowest BCUT2D eigenvalue weighted by Crippen LogP contribution is -2.29. The van der Waals surface area contributed by atoms with Gasteiger partial charge in [0.1, 0.15) is 16.5 Å². The van der Waals surface area contributed by atoms with Gasteiger partial charge in [0.05, 0.1) is 0 Å². The van der Waals surface area contributed by atoms with E-state index in [0.29, 0.717) is 4.61 Å². The van der Waals surface area contributed by atoms with Gasteiger partial charge in [0.2, 0.25) is 0 Å². The third-order valence-corrected chi connectivity index (χ3v) is 3.52. The molecule has 1 aromatic carbocycles. The number of hydrogen-bond donors (Lipinski definition) is 0. The Labute approximate surface area is 127 Å². The van der Waals surface area contributed by atoms with Crippen LogP contribution in [-0.4, -0.2) is 28.7 Å². The first-order valence-electron chi connectivity index (χ1n) is 6.45. The molecule has 1 unspecified atom stereocenters. The third-order valence-electron chi connectivity index (χ3n) is 3.21. The summed E-state index contributed by atoms with van der Waals surface area (Å²) in [5, 5.41) is 0. The van der Waals surface area contributed by atoms with Crippen molar-refractivity contribution in [2.24, 2.45) is 0 Å². The Kier molecular flexibility index (Phi) is 5.30. The van der Waals surface area contributed by atoms with Gasteiger partial charge in [-0.25, -0.2) is 4.79 Å². The summed E-state index contributed by atoms with van der Waals surface area (Å²) in [5.74, 6) is 0.830. The second-order valence-corrected chi connectivity index (χ2v) is 5.17. The number of benzene rings is 1. The summed E-state index contributed by atoms with van der Waals surface area (Å²) < 4.78 is 11.5. The zero-order valence-electron chi connectivity index (χ0n) is 11.0. The van der Waals surface area contributed by atoms with Crippen LogP contribution in [0.25, 0.3) is 0 Å². The van der Waals surface area contributed by atoms with E-state index in [1.165, 1.54) is 0 Å². The molecule has 0 radical (unpaired) electrons. The molecule has 1 amide bonds. The number of carbonyl (C=O) groups is 1. The molecule has 4 nitrogen and oxygen atoms in total. The molecule has 2 rings (SSSR count). The molecule has 19 heavy (non-hydrogen) atoms. The predicted molar refractivity (Wildman–Crippen MR) is 81.7 cm³/mol. The van der Waals surface area contributed by atoms with Crippen LogP contribution < -0.4 is 4.74 Å². The zero-order valence-corrected chi connectivity index (χ0v) is 13.1. The van der Waals surface area contributed by atoms with Crippen molar-refractivity contribution in [1.29, 1.82) is 0 Å². The Morgan fingerprint density at radius 3 is 2.53 bits per heavy atom. The second kappa shape index (κ2) is 6.98. The van der Waals surface area contributed by atoms with Gasteiger partial charge in [0, 0.05) is 13.1 Å². The Hall–Kier alpha value is -0.980. The fourth-order valence-electron chi connectivity index (χ4n) is 2.09. The van der Waals surface area contributed by atoms with E-state index >= 15 is 0 Å². The maximum atomic E-state index is 11.9. The summed E-state index contributed by atoms with van der Waals surface area (Å²) >= 11 is 2.15. The molecule has 104 valence electrons. The van der Waals surface area contributed by atoms with Gasteiger partial charge in [0.15, 0.2) is 0 Å². The lowest BCUT2D eigenvalue weighted by Gasteiger charge is -2.19. The average Bonchev–Trinajstić information content (AvgIpc) is 2.94. The number of ether oxygens (including phenoxy) is 2. The quantitative estimate of drug-likeness (QED) is 0.594. The van der Waals surface area contributed by atoms with E-state index in [0.717, 1.165) is 37.2 Å². The van der Waals surface area contributed by atoms with Crippen molar-refractivity contribution in [1.82, 2.24) is 4.90 Å². The van der Waals surface area contributed by atoms with Crippen LogP contribution in [0.4, 0.5) is 4.79 Å². The minimum atomic E-state index is -0.234. The molecule has 5 heteroatoms. The minimum Gasteiger partial charge on any atom is -0.483 e. The molecule has 1 aromatic rings. The van der Waals surface area contributed by atoms with Gasteiger partial charge in [0.25, 0.3) is 0 Å². The molecule has 1 fully saturated rings. The lowest BCUT2D eigenvalue weighted by molar-refractivity contribution is 0.0761. The highest BCUT2D eigenvalue weighted by atomic mass is 127. The van der Waals surface area contributed by atoms with Gasteiger partial charge in [-0.2, -0.15) is 0 Å². The van der Waals surface area contributed by atoms with E-state index in [1.807, 2.05) is 31.2 Å². The van der Waals surface area contributed by atoms with E-state index in [9.17, 15) is 4.79 Å². The smallest absolute Gasteiger partial charge is 0.410 e. The normalized spacial score (nSPS) is 16.2. The van der Waals surface area contributed by atoms with Gasteiger partial charge in [-0.15, -0.1) is 0 Å². The SMILES string of the molecule is CC(OC(=O)N1CCCC1)c1ccc(OCI)cc1. The number of likely N-dealkylation sites (tertiary alicyclic amines) is 1. The fraction of sp³-hybridized carbons (Fsp3) is 0.500. The summed E-state index contributed by atoms with van der Waals surface area (Å²) in [7, 11) is 0. The maximum absolute atomic E-state index is 11.9. The highest BCUT2D eigenvalue weighted by Gasteiger charge is 2.21. The molecule has 1 saturated heterocycles. The highest BCUT2D eigenvalue weighted by Crippen LogP contribution is 2.22. The van der Waals surface area contributed by atoms with Gasteiger partial charge >= 0.3 is 6.09 Å². The fourth-order valence-corrected chi connectivity index (χ4v) is 2.45. The van der Waals surface area contributed by atoms with Crippen molar-refractivity contribution in [2.45, 2.75) is 25.9 Å². The summed E-state index contributed by atoms with van der Waals surface area (Å²) in [6, 6.07) is 7.66. The number of nitrogens with zero attached hydrogens (tertiary/aromatic N) is 1. The molecule has 0 N–H and O–H groups in total. The van der Waals surface area contributed by atoms with Crippen LogP contribution in [0.3, 0.4) is 0 Å². The summed E-state index contributed by atoms with van der Waals surface area (Å²) in [4.78, 5) is 13.6. The number of alkyl halides is 1. The summed E-state index contributed by atoms with van der Waals surface area (Å²) in [6.45, 7) is 3.52. The van der Waals surface area contributed by atoms with E-state index in [4.69, 9.17) is 9.47 Å². The zero-order chi connectivity index (χ0) is 13.7. The number of hydrogen-bond acceptors (Lipinski definition) is 3. The average molecular weight is 375 g/mol. The van der Waals surface area contributed by atoms with E-state index in [2.05, 4.69) is 22.6 Å². The molecule has 0 saturated carbocycles. The topological polar surface area (TPSA) is 38.8 Å². The first-order valence-corrected chi connectivity index (χ1v) is 7.97. The highest BCUT2D eigenvalue weighted by molar-refractivity contribution is 14.1. The maximum Gasteiger partial charge on any atom is 0.410 e. The van der Waals surface area contributed by atoms with Crippen molar-refractivity contribution in [3.05, 3.63) is 29.8 Å². The van der Waals surface area contributed by atoms with Gasteiger partial charge in [-0.05, 0) is 60.1 Å². The third kappa shape index (κ3) is 3.99. The van der Waals surface area contributed by atoms with Crippen LogP contribution in [0.15, 0.2) is 24.3 Å². The molecule has 1 aliphatic heterocycles. The molecule has 0 aromatic heterocycles. The van der Waals surface area contributed by atoms with Crippen LogP contribution in [0.5, 0.6) is 5.75 Å². The standard InChI is InChI=1S/C14H18INO3/c1-11(19-14(17)16-8-2-3-9-16)12-4-6-13(7-5-12)18-10-15/h4-7,11H,2-3,8-10H2,1H3. The first-order chi connectivity index (χ1) is 9.20. The Balaban J connectivity index is 1.91. The Morgan fingerprint density at radius 2 is 1.95 bits per heavy atom. The van der Waals surface area contributed by atoms with E-state index in [1.54, 1.807) is 4.90 Å². The summed E-state index contributed by atoms with van der Waals surface area (Å²) in [6.07, 6.45) is 1.71. The predicted octanol–water partition coefficient (Wildman–Crippen LogP) is 3.75. The molecular formula is C14H18INO3. The van der Waals surface area contributed by atoms with Crippen LogP contribution in [0.1, 0.15) is 31.4 Å².